The van der Waals surface area contributed by atoms with E-state index in [1.54, 1.807) is 0 Å². The van der Waals surface area contributed by atoms with E-state index in [1.807, 2.05) is 0 Å². The summed E-state index contributed by atoms with van der Waals surface area (Å²) in [4.78, 5) is 0. The Kier molecular flexibility index (Phi) is 3.79. The molecule has 8 heteroatoms. The van der Waals surface area contributed by atoms with Crippen LogP contribution < -0.4 is 4.74 Å². The van der Waals surface area contributed by atoms with Crippen molar-refractivity contribution >= 4 is 0 Å². The Morgan fingerprint density at radius 1 is 1.00 bits per heavy atom. The topological polar surface area (TPSA) is 38.7 Å². The maximum absolute atomic E-state index is 12.8. The van der Waals surface area contributed by atoms with E-state index in [0.717, 1.165) is 25.0 Å². The highest BCUT2D eigenvalue weighted by molar-refractivity contribution is 5.32. The molecule has 2 bridgehead atoms. The monoisotopic (exact) mass is 338 g/mol. The smallest absolute Gasteiger partial charge is 0.426 e. The van der Waals surface area contributed by atoms with Gasteiger partial charge in [-0.1, -0.05) is 12.1 Å². The van der Waals surface area contributed by atoms with Crippen LogP contribution in [0.25, 0.3) is 0 Å². The van der Waals surface area contributed by atoms with Gasteiger partial charge in [0.15, 0.2) is 0 Å². The van der Waals surface area contributed by atoms with Gasteiger partial charge in [0, 0.05) is 12.8 Å². The predicted octanol–water partition coefficient (Wildman–Crippen LogP) is 3.75. The minimum atomic E-state index is -5.79. The van der Waals surface area contributed by atoms with Crippen LogP contribution in [0.4, 0.5) is 22.0 Å². The van der Waals surface area contributed by atoms with E-state index < -0.39 is 23.6 Å². The summed E-state index contributed by atoms with van der Waals surface area (Å²) in [6.45, 7) is 0. The van der Waals surface area contributed by atoms with E-state index >= 15 is 0 Å². The van der Waals surface area contributed by atoms with Crippen LogP contribution in [0.3, 0.4) is 0 Å². The van der Waals surface area contributed by atoms with Gasteiger partial charge in [-0.3, -0.25) is 0 Å². The third-order valence-corrected chi connectivity index (χ3v) is 4.29. The highest BCUT2D eigenvalue weighted by Crippen LogP contribution is 2.44. The summed E-state index contributed by atoms with van der Waals surface area (Å²) in [5.41, 5.74) is -0.699. The molecule has 2 atom stereocenters. The van der Waals surface area contributed by atoms with Gasteiger partial charge in [-0.2, -0.15) is 22.0 Å². The van der Waals surface area contributed by atoms with Crippen LogP contribution >= 0.6 is 0 Å². The Morgan fingerprint density at radius 3 is 2.00 bits per heavy atom. The normalized spacial score (nSPS) is 31.2. The lowest BCUT2D eigenvalue weighted by Gasteiger charge is -2.37. The average Bonchev–Trinajstić information content (AvgIpc) is 2.77. The Labute approximate surface area is 129 Å². The Morgan fingerprint density at radius 2 is 1.52 bits per heavy atom. The van der Waals surface area contributed by atoms with Gasteiger partial charge >= 0.3 is 12.3 Å². The maximum Gasteiger partial charge on any atom is 0.499 e. The van der Waals surface area contributed by atoms with Crippen molar-refractivity contribution < 1.29 is 36.5 Å². The maximum atomic E-state index is 12.8. The molecule has 23 heavy (non-hydrogen) atoms. The number of hydrogen-bond acceptors (Lipinski definition) is 3. The van der Waals surface area contributed by atoms with Crippen molar-refractivity contribution in [1.29, 1.82) is 0 Å². The molecule has 1 N–H and O–H groups in total. The molecule has 0 spiro atoms. The molecule has 3 nitrogen and oxygen atoms in total. The molecule has 3 rings (SSSR count). The zero-order chi connectivity index (χ0) is 16.9. The van der Waals surface area contributed by atoms with Crippen LogP contribution in [-0.2, 0) is 10.3 Å². The van der Waals surface area contributed by atoms with Crippen molar-refractivity contribution in [3.05, 3.63) is 29.8 Å². The van der Waals surface area contributed by atoms with Gasteiger partial charge < -0.3 is 14.6 Å². The van der Waals surface area contributed by atoms with Gasteiger partial charge in [-0.15, -0.1) is 0 Å². The average molecular weight is 338 g/mol. The van der Waals surface area contributed by atoms with Crippen LogP contribution in [0.1, 0.15) is 31.2 Å². The number of aliphatic hydroxyl groups is 1. The van der Waals surface area contributed by atoms with Crippen molar-refractivity contribution in [2.24, 2.45) is 0 Å². The van der Waals surface area contributed by atoms with E-state index in [9.17, 15) is 27.1 Å². The summed E-state index contributed by atoms with van der Waals surface area (Å²) < 4.78 is 71.4. The summed E-state index contributed by atoms with van der Waals surface area (Å²) in [5.74, 6) is -0.616. The summed E-state index contributed by atoms with van der Waals surface area (Å²) in [6, 6.07) is 4.63. The van der Waals surface area contributed by atoms with Crippen molar-refractivity contribution in [2.75, 3.05) is 0 Å². The van der Waals surface area contributed by atoms with E-state index in [0.29, 0.717) is 18.4 Å². The van der Waals surface area contributed by atoms with E-state index in [4.69, 9.17) is 4.74 Å². The third kappa shape index (κ3) is 3.14. The first kappa shape index (κ1) is 16.4. The number of benzene rings is 1. The van der Waals surface area contributed by atoms with Crippen LogP contribution in [-0.4, -0.2) is 29.6 Å². The van der Waals surface area contributed by atoms with Crippen molar-refractivity contribution in [3.8, 4) is 5.75 Å². The molecule has 1 aromatic rings. The number of halogens is 5. The zero-order valence-corrected chi connectivity index (χ0v) is 11.9. The largest absolute Gasteiger partial charge is 0.499 e. The standard InChI is InChI=1S/C15H15F5O3/c16-14(17,18)15(19,20)23-10-3-1-9(2-4-10)13(21)7-11-5-6-12(8-13)22-11/h1-4,11-12,21H,5-8H2. The van der Waals surface area contributed by atoms with Crippen LogP contribution in [0.2, 0.25) is 0 Å². The zero-order valence-electron chi connectivity index (χ0n) is 11.9. The first-order chi connectivity index (χ1) is 10.6. The lowest BCUT2D eigenvalue weighted by Crippen LogP contribution is -2.42. The first-order valence-corrected chi connectivity index (χ1v) is 7.21. The molecule has 2 aliphatic rings. The molecule has 2 unspecified atom stereocenters. The quantitative estimate of drug-likeness (QED) is 0.853. The summed E-state index contributed by atoms with van der Waals surface area (Å²) >= 11 is 0. The number of hydrogen-bond donors (Lipinski definition) is 1. The summed E-state index contributed by atoms with van der Waals surface area (Å²) in [5, 5.41) is 10.7. The molecule has 2 saturated heterocycles. The van der Waals surface area contributed by atoms with Crippen molar-refractivity contribution in [3.63, 3.8) is 0 Å². The second-order valence-corrected chi connectivity index (χ2v) is 6.04. The third-order valence-electron chi connectivity index (χ3n) is 4.29. The molecule has 0 saturated carbocycles. The van der Waals surface area contributed by atoms with E-state index in [2.05, 4.69) is 4.74 Å². The molecule has 0 aliphatic carbocycles. The van der Waals surface area contributed by atoms with Gasteiger partial charge in [0.25, 0.3) is 0 Å². The highest BCUT2D eigenvalue weighted by atomic mass is 19.4. The first-order valence-electron chi connectivity index (χ1n) is 7.21. The highest BCUT2D eigenvalue weighted by Gasteiger charge is 2.61. The SMILES string of the molecule is OC1(c2ccc(OC(F)(F)C(F)(F)F)cc2)CC2CCC(C1)O2. The molecule has 2 heterocycles. The van der Waals surface area contributed by atoms with Crippen LogP contribution in [0.5, 0.6) is 5.75 Å². The molecule has 2 fully saturated rings. The molecular formula is C15H15F5O3. The molecule has 2 aliphatic heterocycles. The molecule has 0 aromatic heterocycles. The van der Waals surface area contributed by atoms with Gasteiger partial charge in [0.05, 0.1) is 17.8 Å². The predicted molar refractivity (Wildman–Crippen MR) is 69.1 cm³/mol. The van der Waals surface area contributed by atoms with E-state index in [1.165, 1.54) is 12.1 Å². The van der Waals surface area contributed by atoms with Gasteiger partial charge in [-0.25, -0.2) is 0 Å². The molecular weight excluding hydrogens is 323 g/mol. The Bertz CT molecular complexity index is 557. The second-order valence-electron chi connectivity index (χ2n) is 6.04. The lowest BCUT2D eigenvalue weighted by atomic mass is 9.83. The van der Waals surface area contributed by atoms with Gasteiger partial charge in [-0.05, 0) is 30.5 Å². The molecule has 1 aromatic carbocycles. The van der Waals surface area contributed by atoms with Crippen molar-refractivity contribution in [1.82, 2.24) is 0 Å². The summed E-state index contributed by atoms with van der Waals surface area (Å²) in [6.07, 6.45) is -8.69. The van der Waals surface area contributed by atoms with Gasteiger partial charge in [0.1, 0.15) is 5.75 Å². The summed E-state index contributed by atoms with van der Waals surface area (Å²) in [7, 11) is 0. The molecule has 0 radical (unpaired) electrons. The number of alkyl halides is 5. The molecule has 128 valence electrons. The van der Waals surface area contributed by atoms with E-state index in [-0.39, 0.29) is 12.2 Å². The van der Waals surface area contributed by atoms with Crippen molar-refractivity contribution in [2.45, 2.75) is 55.8 Å². The fraction of sp³-hybridized carbons (Fsp3) is 0.600. The second kappa shape index (κ2) is 5.31. The Hall–Kier alpha value is -1.41. The fourth-order valence-electron chi connectivity index (χ4n) is 3.19. The van der Waals surface area contributed by atoms with Crippen LogP contribution in [0, 0.1) is 0 Å². The lowest BCUT2D eigenvalue weighted by molar-refractivity contribution is -0.360. The molecule has 0 amide bonds. The van der Waals surface area contributed by atoms with Crippen LogP contribution in [0.15, 0.2) is 24.3 Å². The Balaban J connectivity index is 1.75. The fourth-order valence-corrected chi connectivity index (χ4v) is 3.19. The minimum absolute atomic E-state index is 0.0516. The van der Waals surface area contributed by atoms with Gasteiger partial charge in [0.2, 0.25) is 0 Å². The minimum Gasteiger partial charge on any atom is -0.426 e. The number of fused-ring (bicyclic) bond motifs is 2. The number of rotatable bonds is 3. The number of ether oxygens (including phenoxy) is 2.